The number of nitrogens with zero attached hydrogens (tertiary/aromatic N) is 2. The molecular formula is C28H27N3O7S. The summed E-state index contributed by atoms with van der Waals surface area (Å²) in [7, 11) is 0. The van der Waals surface area contributed by atoms with Crippen LogP contribution >= 0.6 is 11.3 Å². The zero-order valence-corrected chi connectivity index (χ0v) is 22.4. The molecule has 0 saturated carbocycles. The Labute approximate surface area is 228 Å². The van der Waals surface area contributed by atoms with E-state index in [0.29, 0.717) is 27.4 Å². The molecule has 0 aliphatic carbocycles. The van der Waals surface area contributed by atoms with Crippen LogP contribution in [0.4, 0.5) is 5.69 Å². The molecule has 0 atom stereocenters. The van der Waals surface area contributed by atoms with Crippen LogP contribution in [0.2, 0.25) is 0 Å². The Morgan fingerprint density at radius 3 is 2.41 bits per heavy atom. The van der Waals surface area contributed by atoms with Gasteiger partial charge in [0.25, 0.3) is 5.56 Å². The van der Waals surface area contributed by atoms with Crippen molar-refractivity contribution < 1.29 is 28.6 Å². The SMILES string of the molecule is Cc1c(C(=O)OCCOc2ccccc2)sc2ncn(CC(=O)Nc3ccc(C(=O)OC(C)C)cc3)c(=O)c12. The summed E-state index contributed by atoms with van der Waals surface area (Å²) in [4.78, 5) is 55.3. The van der Waals surface area contributed by atoms with Gasteiger partial charge in [0.05, 0.1) is 23.4 Å². The fraction of sp³-hybridized carbons (Fsp3) is 0.250. The third-order valence-corrected chi connectivity index (χ3v) is 6.67. The van der Waals surface area contributed by atoms with E-state index < -0.39 is 23.4 Å². The Bertz CT molecular complexity index is 1540. The number of aryl methyl sites for hydroxylation is 1. The highest BCUT2D eigenvalue weighted by Crippen LogP contribution is 2.27. The first-order chi connectivity index (χ1) is 18.7. The number of benzene rings is 2. The molecular weight excluding hydrogens is 522 g/mol. The Morgan fingerprint density at radius 1 is 1.00 bits per heavy atom. The minimum Gasteiger partial charge on any atom is -0.490 e. The summed E-state index contributed by atoms with van der Waals surface area (Å²) in [5.41, 5.74) is 0.817. The van der Waals surface area contributed by atoms with Crippen molar-refractivity contribution in [2.45, 2.75) is 33.4 Å². The van der Waals surface area contributed by atoms with Crippen molar-refractivity contribution in [2.24, 2.45) is 0 Å². The van der Waals surface area contributed by atoms with E-state index in [4.69, 9.17) is 14.2 Å². The molecule has 4 aromatic rings. The second-order valence-corrected chi connectivity index (χ2v) is 9.79. The van der Waals surface area contributed by atoms with Crippen LogP contribution in [0, 0.1) is 6.92 Å². The lowest BCUT2D eigenvalue weighted by Crippen LogP contribution is -2.28. The first-order valence-electron chi connectivity index (χ1n) is 12.2. The number of ether oxygens (including phenoxy) is 3. The van der Waals surface area contributed by atoms with E-state index in [1.165, 1.54) is 10.9 Å². The number of esters is 2. The zero-order chi connectivity index (χ0) is 27.9. The number of amides is 1. The van der Waals surface area contributed by atoms with Gasteiger partial charge in [0.15, 0.2) is 0 Å². The first-order valence-corrected chi connectivity index (χ1v) is 13.0. The molecule has 4 rings (SSSR count). The fourth-order valence-electron chi connectivity index (χ4n) is 3.67. The van der Waals surface area contributed by atoms with Crippen LogP contribution in [0.3, 0.4) is 0 Å². The van der Waals surface area contributed by atoms with E-state index in [1.807, 2.05) is 18.2 Å². The van der Waals surface area contributed by atoms with E-state index in [0.717, 1.165) is 11.3 Å². The summed E-state index contributed by atoms with van der Waals surface area (Å²) in [6, 6.07) is 15.4. The van der Waals surface area contributed by atoms with Gasteiger partial charge >= 0.3 is 11.9 Å². The molecule has 39 heavy (non-hydrogen) atoms. The van der Waals surface area contributed by atoms with Crippen LogP contribution in [0.1, 0.15) is 39.4 Å². The van der Waals surface area contributed by atoms with E-state index >= 15 is 0 Å². The molecule has 0 bridgehead atoms. The Kier molecular flexibility index (Phi) is 8.72. The van der Waals surface area contributed by atoms with Gasteiger partial charge in [-0.2, -0.15) is 0 Å². The predicted octanol–water partition coefficient (Wildman–Crippen LogP) is 4.21. The maximum atomic E-state index is 13.1. The van der Waals surface area contributed by atoms with Crippen molar-refractivity contribution in [2.75, 3.05) is 18.5 Å². The monoisotopic (exact) mass is 549 g/mol. The number of nitrogens with one attached hydrogen (secondary N) is 1. The van der Waals surface area contributed by atoms with Gasteiger partial charge in [-0.3, -0.25) is 14.2 Å². The van der Waals surface area contributed by atoms with Gasteiger partial charge in [0.2, 0.25) is 5.91 Å². The lowest BCUT2D eigenvalue weighted by atomic mass is 10.2. The van der Waals surface area contributed by atoms with Gasteiger partial charge in [-0.05, 0) is 62.7 Å². The summed E-state index contributed by atoms with van der Waals surface area (Å²) in [6.45, 7) is 5.10. The average molecular weight is 550 g/mol. The topological polar surface area (TPSA) is 126 Å². The Hall–Kier alpha value is -4.51. The molecule has 2 aromatic heterocycles. The summed E-state index contributed by atoms with van der Waals surface area (Å²) in [5.74, 6) is -0.814. The van der Waals surface area contributed by atoms with Gasteiger partial charge in [-0.15, -0.1) is 11.3 Å². The van der Waals surface area contributed by atoms with Crippen molar-refractivity contribution in [1.82, 2.24) is 9.55 Å². The predicted molar refractivity (Wildman–Crippen MR) is 146 cm³/mol. The Morgan fingerprint density at radius 2 is 1.72 bits per heavy atom. The molecule has 202 valence electrons. The molecule has 0 unspecified atom stereocenters. The number of thiophene rings is 1. The summed E-state index contributed by atoms with van der Waals surface area (Å²) in [6.07, 6.45) is 1.03. The second kappa shape index (κ2) is 12.4. The van der Waals surface area contributed by atoms with Crippen molar-refractivity contribution in [3.05, 3.63) is 87.3 Å². The van der Waals surface area contributed by atoms with Gasteiger partial charge in [0, 0.05) is 5.69 Å². The van der Waals surface area contributed by atoms with Crippen LogP contribution in [0.5, 0.6) is 5.75 Å². The number of carbonyl (C=O) groups is 3. The second-order valence-electron chi connectivity index (χ2n) is 8.79. The number of hydrogen-bond donors (Lipinski definition) is 1. The standard InChI is InChI=1S/C28H27N3O7S/c1-17(2)38-27(34)19-9-11-20(12-10-19)30-22(32)15-31-16-29-25-23(26(31)33)18(3)24(39-25)28(35)37-14-13-36-21-7-5-4-6-8-21/h4-12,16-17H,13-15H2,1-3H3,(H,30,32). The number of carbonyl (C=O) groups excluding carboxylic acids is 3. The summed E-state index contributed by atoms with van der Waals surface area (Å²) in [5, 5.41) is 2.95. The largest absolute Gasteiger partial charge is 0.490 e. The minimum atomic E-state index is -0.573. The highest BCUT2D eigenvalue weighted by molar-refractivity contribution is 7.20. The van der Waals surface area contributed by atoms with Crippen LogP contribution < -0.4 is 15.6 Å². The van der Waals surface area contributed by atoms with E-state index in [2.05, 4.69) is 10.3 Å². The normalized spacial score (nSPS) is 10.9. The highest BCUT2D eigenvalue weighted by atomic mass is 32.1. The zero-order valence-electron chi connectivity index (χ0n) is 21.6. The van der Waals surface area contributed by atoms with E-state index in [9.17, 15) is 19.2 Å². The lowest BCUT2D eigenvalue weighted by Gasteiger charge is -2.10. The van der Waals surface area contributed by atoms with Gasteiger partial charge in [-0.25, -0.2) is 14.6 Å². The van der Waals surface area contributed by atoms with Gasteiger partial charge < -0.3 is 19.5 Å². The number of rotatable bonds is 10. The van der Waals surface area contributed by atoms with Crippen molar-refractivity contribution in [1.29, 1.82) is 0 Å². The molecule has 1 N–H and O–H groups in total. The Balaban J connectivity index is 1.38. The molecule has 0 saturated heterocycles. The molecule has 1 amide bonds. The third kappa shape index (κ3) is 6.88. The quantitative estimate of drug-likeness (QED) is 0.230. The third-order valence-electron chi connectivity index (χ3n) is 5.49. The summed E-state index contributed by atoms with van der Waals surface area (Å²) < 4.78 is 17.2. The number of fused-ring (bicyclic) bond motifs is 1. The molecule has 10 nitrogen and oxygen atoms in total. The number of hydrogen-bond acceptors (Lipinski definition) is 9. The minimum absolute atomic E-state index is 0.0408. The van der Waals surface area contributed by atoms with E-state index in [-0.39, 0.29) is 36.1 Å². The average Bonchev–Trinajstić information content (AvgIpc) is 3.25. The van der Waals surface area contributed by atoms with Gasteiger partial charge in [0.1, 0.15) is 35.2 Å². The van der Waals surface area contributed by atoms with Crippen molar-refractivity contribution in [3.8, 4) is 5.75 Å². The molecule has 0 aliphatic heterocycles. The fourth-order valence-corrected chi connectivity index (χ4v) is 4.70. The maximum Gasteiger partial charge on any atom is 0.348 e. The van der Waals surface area contributed by atoms with E-state index in [1.54, 1.807) is 57.2 Å². The van der Waals surface area contributed by atoms with Crippen molar-refractivity contribution in [3.63, 3.8) is 0 Å². The lowest BCUT2D eigenvalue weighted by molar-refractivity contribution is -0.116. The summed E-state index contributed by atoms with van der Waals surface area (Å²) >= 11 is 1.06. The molecule has 0 aliphatic rings. The molecule has 11 heteroatoms. The van der Waals surface area contributed by atoms with Gasteiger partial charge in [-0.1, -0.05) is 18.2 Å². The molecule has 0 radical (unpaired) electrons. The van der Waals surface area contributed by atoms with Crippen LogP contribution in [0.15, 0.2) is 65.7 Å². The molecule has 0 spiro atoms. The molecule has 0 fully saturated rings. The number of aromatic nitrogens is 2. The molecule has 2 aromatic carbocycles. The highest BCUT2D eigenvalue weighted by Gasteiger charge is 2.21. The maximum absolute atomic E-state index is 13.1. The smallest absolute Gasteiger partial charge is 0.348 e. The van der Waals surface area contributed by atoms with Crippen LogP contribution in [0.25, 0.3) is 10.2 Å². The van der Waals surface area contributed by atoms with Crippen LogP contribution in [-0.4, -0.2) is 46.7 Å². The van der Waals surface area contributed by atoms with Crippen LogP contribution in [-0.2, 0) is 20.8 Å². The number of anilines is 1. The molecule has 2 heterocycles. The number of para-hydroxylation sites is 1. The first kappa shape index (κ1) is 27.5. The van der Waals surface area contributed by atoms with Crippen molar-refractivity contribution >= 4 is 45.1 Å².